The molecule has 0 bridgehead atoms. The number of amides is 3. The van der Waals surface area contributed by atoms with Crippen LogP contribution in [0.1, 0.15) is 86.9 Å². The minimum Gasteiger partial charge on any atom is -0.507 e. The maximum Gasteiger partial charge on any atom is 0.258 e. The Morgan fingerprint density at radius 3 is 2.52 bits per heavy atom. The molecule has 2 aliphatic heterocycles. The van der Waals surface area contributed by atoms with E-state index in [9.17, 15) is 29.0 Å². The summed E-state index contributed by atoms with van der Waals surface area (Å²) in [5.41, 5.74) is 4.30. The lowest BCUT2D eigenvalue weighted by molar-refractivity contribution is -0.145. The summed E-state index contributed by atoms with van der Waals surface area (Å²) in [5, 5.41) is 36.7. The molecule has 2 aromatic carbocycles. The molecule has 5 heterocycles. The van der Waals surface area contributed by atoms with Crippen molar-refractivity contribution in [3.8, 4) is 33.2 Å². The van der Waals surface area contributed by atoms with Gasteiger partial charge in [0.25, 0.3) is 5.91 Å². The molecular weight excluding hydrogens is 842 g/mol. The highest BCUT2D eigenvalue weighted by molar-refractivity contribution is 7.19. The maximum atomic E-state index is 14.6. The van der Waals surface area contributed by atoms with Crippen molar-refractivity contribution in [2.24, 2.45) is 5.41 Å². The molecule has 1 aliphatic carbocycles. The molecule has 3 aliphatic rings. The number of phenols is 1. The molecule has 0 radical (unpaired) electrons. The van der Waals surface area contributed by atoms with E-state index in [1.165, 1.54) is 15.3 Å². The van der Waals surface area contributed by atoms with E-state index in [0.29, 0.717) is 29.5 Å². The predicted octanol–water partition coefficient (Wildman–Crippen LogP) is 7.06. The average Bonchev–Trinajstić information content (AvgIpc) is 3.51. The van der Waals surface area contributed by atoms with Gasteiger partial charge in [-0.1, -0.05) is 45.0 Å². The summed E-state index contributed by atoms with van der Waals surface area (Å²) < 4.78 is 21.1. The summed E-state index contributed by atoms with van der Waals surface area (Å²) in [4.78, 5) is 52.0. The molecule has 1 saturated carbocycles. The largest absolute Gasteiger partial charge is 0.507 e. The number of aliphatic hydroxyl groups excluding tert-OH is 1. The Morgan fingerprint density at radius 2 is 1.83 bits per heavy atom. The van der Waals surface area contributed by atoms with Gasteiger partial charge in [-0.2, -0.15) is 0 Å². The number of carbonyl (C=O) groups excluding carboxylic acids is 3. The highest BCUT2D eigenvalue weighted by Crippen LogP contribution is 2.42. The Hall–Kier alpha value is -5.03. The zero-order chi connectivity index (χ0) is 44.6. The summed E-state index contributed by atoms with van der Waals surface area (Å²) in [5.74, 6) is -0.509. The zero-order valence-electron chi connectivity index (χ0n) is 36.4. The van der Waals surface area contributed by atoms with Gasteiger partial charge in [0.15, 0.2) is 5.67 Å². The highest BCUT2D eigenvalue weighted by Gasteiger charge is 2.53. The molecule has 4 N–H and O–H groups in total. The number of β-amino-alcohol motifs (C(OH)–C–C–N with tert-alkyl or cyclic N) is 1. The number of ether oxygens (including phenoxy) is 1. The molecule has 3 atom stereocenters. The number of aromatic nitrogens is 3. The van der Waals surface area contributed by atoms with Gasteiger partial charge in [0.05, 0.1) is 34.5 Å². The van der Waals surface area contributed by atoms with E-state index >= 15 is 0 Å². The number of phenolic OH excluding ortho intramolecular Hbond substituents is 1. The van der Waals surface area contributed by atoms with Gasteiger partial charge in [0, 0.05) is 47.4 Å². The summed E-state index contributed by atoms with van der Waals surface area (Å²) in [6, 6.07) is 13.1. The first-order valence-electron chi connectivity index (χ1n) is 21.8. The van der Waals surface area contributed by atoms with Crippen LogP contribution in [0.5, 0.6) is 11.5 Å². The van der Waals surface area contributed by atoms with Gasteiger partial charge in [-0.05, 0) is 106 Å². The van der Waals surface area contributed by atoms with Gasteiger partial charge in [-0.25, -0.2) is 9.37 Å². The summed E-state index contributed by atoms with van der Waals surface area (Å²) in [6.07, 6.45) is 2.23. The van der Waals surface area contributed by atoms with Gasteiger partial charge in [0.2, 0.25) is 11.8 Å². The number of thiazole rings is 1. The van der Waals surface area contributed by atoms with Gasteiger partial charge in [-0.3, -0.25) is 14.4 Å². The standard InChI is InChI=1S/C47H56FN7O6S2/c1-27-34-23-35(33-9-6-7-10-37(33)57)52-53-43(34)63-39(27)29-13-18-54(19-14-29)17-8-20-61-38-21-30(40-28(2)50-26-62-40)11-12-31(38)24-49-42(58)36-22-32(56)25-55(36)44(59)41(46(3,4)5)51-45(60)47(48)15-16-47/h6-7,9-12,21,23,26,29,32,36,41,56-57H,8,13-20,22,24-25H2,1-5H3,(H,49,58)(H,51,60)/t32-,36+,41-/m1/s1. The Bertz CT molecular complexity index is 2490. The molecule has 3 amide bonds. The van der Waals surface area contributed by atoms with Crippen molar-refractivity contribution in [1.82, 2.24) is 35.6 Å². The minimum absolute atomic E-state index is 0.0414. The normalized spacial score (nSPS) is 19.6. The number of aromatic hydroxyl groups is 1. The predicted molar refractivity (Wildman–Crippen MR) is 242 cm³/mol. The maximum absolute atomic E-state index is 14.6. The number of thiophene rings is 1. The molecule has 334 valence electrons. The molecular formula is C47H56FN7O6S2. The van der Waals surface area contributed by atoms with Crippen molar-refractivity contribution in [2.75, 3.05) is 32.8 Å². The quantitative estimate of drug-likeness (QED) is 0.0847. The number of hydrogen-bond acceptors (Lipinski definition) is 12. The van der Waals surface area contributed by atoms with Crippen molar-refractivity contribution >= 4 is 50.6 Å². The van der Waals surface area contributed by atoms with Crippen LogP contribution in [0.2, 0.25) is 0 Å². The number of nitrogens with one attached hydrogen (secondary N) is 2. The van der Waals surface area contributed by atoms with Crippen molar-refractivity contribution in [3.63, 3.8) is 0 Å². The Labute approximate surface area is 375 Å². The van der Waals surface area contributed by atoms with Crippen LogP contribution in [0.4, 0.5) is 4.39 Å². The fourth-order valence-electron chi connectivity index (χ4n) is 8.71. The first-order valence-corrected chi connectivity index (χ1v) is 23.5. The first-order chi connectivity index (χ1) is 30.1. The number of nitrogens with zero attached hydrogens (tertiary/aromatic N) is 5. The smallest absolute Gasteiger partial charge is 0.258 e. The van der Waals surface area contributed by atoms with Crippen molar-refractivity contribution in [3.05, 3.63) is 75.7 Å². The summed E-state index contributed by atoms with van der Waals surface area (Å²) >= 11 is 3.27. The Morgan fingerprint density at radius 1 is 1.06 bits per heavy atom. The monoisotopic (exact) mass is 897 g/mol. The highest BCUT2D eigenvalue weighted by atomic mass is 32.1. The summed E-state index contributed by atoms with van der Waals surface area (Å²) in [6.45, 7) is 12.8. The number of piperidine rings is 1. The molecule has 0 spiro atoms. The third-order valence-electron chi connectivity index (χ3n) is 12.6. The Kier molecular flexibility index (Phi) is 12.9. The second-order valence-electron chi connectivity index (χ2n) is 18.3. The fourth-order valence-corrected chi connectivity index (χ4v) is 10.8. The Balaban J connectivity index is 0.881. The number of hydrogen-bond donors (Lipinski definition) is 4. The van der Waals surface area contributed by atoms with Crippen LogP contribution < -0.4 is 15.4 Å². The van der Waals surface area contributed by atoms with E-state index in [-0.39, 0.29) is 38.1 Å². The number of alkyl halides is 1. The minimum atomic E-state index is -1.96. The molecule has 63 heavy (non-hydrogen) atoms. The fraction of sp³-hybridized carbons (Fsp3) is 0.489. The van der Waals surface area contributed by atoms with E-state index in [4.69, 9.17) is 4.74 Å². The SMILES string of the molecule is Cc1ncsc1-c1ccc(CNC(=O)[C@@H]2C[C@@H](O)CN2C(=O)[C@@H](NC(=O)C2(F)CC2)C(C)(C)C)c(OCCCN2CCC(c3sc4nnc(-c5ccccc5O)cc4c3C)CC2)c1. The van der Waals surface area contributed by atoms with E-state index in [2.05, 4.69) is 37.6 Å². The first kappa shape index (κ1) is 44.6. The van der Waals surface area contributed by atoms with E-state index in [1.807, 2.05) is 48.8 Å². The topological polar surface area (TPSA) is 170 Å². The number of aliphatic hydroxyl groups is 1. The number of aryl methyl sites for hydroxylation is 2. The number of rotatable bonds is 14. The lowest BCUT2D eigenvalue weighted by Gasteiger charge is -2.35. The molecule has 3 fully saturated rings. The molecule has 2 saturated heterocycles. The van der Waals surface area contributed by atoms with Gasteiger partial charge in [0.1, 0.15) is 28.4 Å². The number of para-hydroxylation sites is 1. The number of carbonyl (C=O) groups is 3. The zero-order valence-corrected chi connectivity index (χ0v) is 38.1. The molecule has 13 nitrogen and oxygen atoms in total. The van der Waals surface area contributed by atoms with Gasteiger partial charge in [-0.15, -0.1) is 32.9 Å². The van der Waals surface area contributed by atoms with Crippen LogP contribution in [0.15, 0.2) is 54.0 Å². The lowest BCUT2D eigenvalue weighted by Crippen LogP contribution is -2.59. The second kappa shape index (κ2) is 18.2. The molecule has 5 aromatic rings. The van der Waals surface area contributed by atoms with Crippen molar-refractivity contribution < 1.29 is 33.7 Å². The number of benzene rings is 2. The van der Waals surface area contributed by atoms with Crippen molar-refractivity contribution in [2.45, 2.75) is 109 Å². The van der Waals surface area contributed by atoms with Gasteiger partial charge >= 0.3 is 0 Å². The van der Waals surface area contributed by atoms with Crippen LogP contribution in [0.25, 0.3) is 31.9 Å². The number of fused-ring (bicyclic) bond motifs is 1. The number of halogens is 1. The van der Waals surface area contributed by atoms with E-state index in [1.54, 1.807) is 55.6 Å². The van der Waals surface area contributed by atoms with Crippen LogP contribution in [0, 0.1) is 19.3 Å². The number of likely N-dealkylation sites (tertiary alicyclic amines) is 2. The second-order valence-corrected chi connectivity index (χ2v) is 20.2. The van der Waals surface area contributed by atoms with Gasteiger partial charge < -0.3 is 35.4 Å². The third-order valence-corrected chi connectivity index (χ3v) is 15.0. The van der Waals surface area contributed by atoms with Crippen LogP contribution in [-0.2, 0) is 20.9 Å². The van der Waals surface area contributed by atoms with E-state index in [0.717, 1.165) is 70.8 Å². The average molecular weight is 898 g/mol. The lowest BCUT2D eigenvalue weighted by atomic mass is 9.85. The van der Waals surface area contributed by atoms with Crippen LogP contribution in [0.3, 0.4) is 0 Å². The van der Waals surface area contributed by atoms with Crippen LogP contribution >= 0.6 is 22.7 Å². The molecule has 8 rings (SSSR count). The van der Waals surface area contributed by atoms with E-state index < -0.39 is 47.0 Å². The molecule has 16 heteroatoms. The third kappa shape index (κ3) is 9.74. The molecule has 0 unspecified atom stereocenters. The molecule has 3 aromatic heterocycles. The van der Waals surface area contributed by atoms with Crippen molar-refractivity contribution in [1.29, 1.82) is 0 Å². The van der Waals surface area contributed by atoms with Crippen LogP contribution in [-0.4, -0.2) is 110 Å². The summed E-state index contributed by atoms with van der Waals surface area (Å²) in [7, 11) is 0.